The van der Waals surface area contributed by atoms with Crippen molar-refractivity contribution >= 4 is 23.6 Å². The Kier molecular flexibility index (Phi) is 10.3. The largest absolute Gasteiger partial charge is 0.352 e. The summed E-state index contributed by atoms with van der Waals surface area (Å²) in [4.78, 5) is 29.5. The van der Waals surface area contributed by atoms with E-state index < -0.39 is 0 Å². The van der Waals surface area contributed by atoms with E-state index in [1.165, 1.54) is 0 Å². The van der Waals surface area contributed by atoms with Crippen LogP contribution in [0.15, 0.2) is 11.6 Å². The fraction of sp³-hybridized carbons (Fsp3) is 0.800. The molecule has 1 aliphatic heterocycles. The van der Waals surface area contributed by atoms with E-state index in [0.29, 0.717) is 5.75 Å². The average molecular weight is 384 g/mol. The van der Waals surface area contributed by atoms with Crippen molar-refractivity contribution in [3.63, 3.8) is 0 Å². The molecule has 1 saturated heterocycles. The maximum absolute atomic E-state index is 12.8. The summed E-state index contributed by atoms with van der Waals surface area (Å²) in [5, 5.41) is 3.22. The second-order valence-corrected chi connectivity index (χ2v) is 8.47. The number of thioether (sulfide) groups is 1. The molecule has 0 aromatic heterocycles. The van der Waals surface area contributed by atoms with Crippen molar-refractivity contribution in [3.05, 3.63) is 11.6 Å². The smallest absolute Gasteiger partial charge is 0.248 e. The molecule has 150 valence electrons. The molecule has 1 fully saturated rings. The Balaban J connectivity index is 2.60. The second kappa shape index (κ2) is 11.7. The summed E-state index contributed by atoms with van der Waals surface area (Å²) in [5.41, 5.74) is 0.964. The Morgan fingerprint density at radius 2 is 1.92 bits per heavy atom. The molecular formula is C20H37N3O2S. The van der Waals surface area contributed by atoms with Crippen LogP contribution in [0.4, 0.5) is 0 Å². The van der Waals surface area contributed by atoms with Crippen LogP contribution in [0.3, 0.4) is 0 Å². The summed E-state index contributed by atoms with van der Waals surface area (Å²) in [6.07, 6.45) is 4.53. The van der Waals surface area contributed by atoms with Gasteiger partial charge >= 0.3 is 0 Å². The molecule has 5 nitrogen and oxygen atoms in total. The number of rotatable bonds is 10. The molecule has 0 aromatic carbocycles. The van der Waals surface area contributed by atoms with Gasteiger partial charge in [0.1, 0.15) is 6.04 Å². The van der Waals surface area contributed by atoms with E-state index in [1.807, 2.05) is 13.8 Å². The Labute approximate surface area is 163 Å². The number of hydrogen-bond acceptors (Lipinski definition) is 4. The molecule has 0 radical (unpaired) electrons. The van der Waals surface area contributed by atoms with Crippen LogP contribution in [-0.4, -0.2) is 64.5 Å². The van der Waals surface area contributed by atoms with Crippen molar-refractivity contribution < 1.29 is 9.59 Å². The van der Waals surface area contributed by atoms with Crippen LogP contribution in [0.5, 0.6) is 0 Å². The maximum atomic E-state index is 12.8. The first-order valence-corrected chi connectivity index (χ1v) is 11.0. The van der Waals surface area contributed by atoms with E-state index >= 15 is 0 Å². The van der Waals surface area contributed by atoms with Crippen LogP contribution in [0.1, 0.15) is 60.8 Å². The lowest BCUT2D eigenvalue weighted by Gasteiger charge is -2.28. The molecule has 1 N–H and O–H groups in total. The molecule has 26 heavy (non-hydrogen) atoms. The third-order valence-corrected chi connectivity index (χ3v) is 6.26. The fourth-order valence-corrected chi connectivity index (χ4v) is 4.63. The van der Waals surface area contributed by atoms with Gasteiger partial charge in [0, 0.05) is 17.9 Å². The van der Waals surface area contributed by atoms with E-state index in [-0.39, 0.29) is 29.3 Å². The molecule has 0 bridgehead atoms. The minimum absolute atomic E-state index is 0.0145. The van der Waals surface area contributed by atoms with E-state index in [9.17, 15) is 9.59 Å². The number of hydrogen-bond donors (Lipinski definition) is 1. The summed E-state index contributed by atoms with van der Waals surface area (Å²) in [7, 11) is 0. The Hall–Kier alpha value is -1.01. The van der Waals surface area contributed by atoms with Crippen molar-refractivity contribution in [3.8, 4) is 0 Å². The van der Waals surface area contributed by atoms with Crippen LogP contribution >= 0.6 is 11.8 Å². The number of amides is 2. The summed E-state index contributed by atoms with van der Waals surface area (Å²) >= 11 is 1.71. The topological polar surface area (TPSA) is 52.7 Å². The van der Waals surface area contributed by atoms with Gasteiger partial charge in [-0.05, 0) is 59.7 Å². The van der Waals surface area contributed by atoms with E-state index in [4.69, 9.17) is 0 Å². The van der Waals surface area contributed by atoms with Gasteiger partial charge in [0.2, 0.25) is 11.8 Å². The number of carbonyl (C=O) groups excluding carboxylic acids is 2. The number of nitrogens with one attached hydrogen (secondary N) is 1. The molecule has 2 amide bonds. The standard InChI is InChI=1S/C20H37N3O2S/c1-7-19-23(18(24)13-15(4)5)17(14-26-19)20(25)21-16(6)11-10-12-22(8-2)9-3/h13,16-17,19H,7-12,14H2,1-6H3,(H,21,25). The highest BCUT2D eigenvalue weighted by atomic mass is 32.2. The molecule has 0 aromatic rings. The first-order chi connectivity index (χ1) is 12.3. The fourth-order valence-electron chi connectivity index (χ4n) is 3.27. The third-order valence-electron chi connectivity index (χ3n) is 4.81. The molecule has 1 aliphatic rings. The highest BCUT2D eigenvalue weighted by Gasteiger charge is 2.40. The van der Waals surface area contributed by atoms with Crippen molar-refractivity contribution in [2.75, 3.05) is 25.4 Å². The van der Waals surface area contributed by atoms with Gasteiger partial charge in [0.15, 0.2) is 0 Å². The van der Waals surface area contributed by atoms with Gasteiger partial charge < -0.3 is 15.1 Å². The molecule has 1 heterocycles. The zero-order valence-electron chi connectivity index (χ0n) is 17.4. The normalized spacial score (nSPS) is 21.0. The Morgan fingerprint density at radius 3 is 2.46 bits per heavy atom. The van der Waals surface area contributed by atoms with E-state index in [1.54, 1.807) is 22.7 Å². The first-order valence-electron chi connectivity index (χ1n) is 9.95. The predicted molar refractivity (Wildman–Crippen MR) is 111 cm³/mol. The molecule has 6 heteroatoms. The molecular weight excluding hydrogens is 346 g/mol. The number of nitrogens with zero attached hydrogens (tertiary/aromatic N) is 2. The summed E-state index contributed by atoms with van der Waals surface area (Å²) in [5.74, 6) is 0.620. The van der Waals surface area contributed by atoms with Crippen LogP contribution in [0, 0.1) is 0 Å². The highest BCUT2D eigenvalue weighted by molar-refractivity contribution is 8.00. The van der Waals surface area contributed by atoms with Crippen molar-refractivity contribution in [1.29, 1.82) is 0 Å². The molecule has 0 spiro atoms. The monoisotopic (exact) mass is 383 g/mol. The lowest BCUT2D eigenvalue weighted by Crippen LogP contribution is -2.51. The quantitative estimate of drug-likeness (QED) is 0.588. The molecule has 0 saturated carbocycles. The Morgan fingerprint density at radius 1 is 1.27 bits per heavy atom. The minimum Gasteiger partial charge on any atom is -0.352 e. The van der Waals surface area contributed by atoms with Gasteiger partial charge in [0.25, 0.3) is 0 Å². The van der Waals surface area contributed by atoms with Crippen molar-refractivity contribution in [2.45, 2.75) is 78.3 Å². The maximum Gasteiger partial charge on any atom is 0.248 e. The van der Waals surface area contributed by atoms with Gasteiger partial charge in [0.05, 0.1) is 5.37 Å². The van der Waals surface area contributed by atoms with Crippen LogP contribution in [0.2, 0.25) is 0 Å². The lowest BCUT2D eigenvalue weighted by atomic mass is 10.1. The van der Waals surface area contributed by atoms with Gasteiger partial charge in [-0.2, -0.15) is 0 Å². The highest BCUT2D eigenvalue weighted by Crippen LogP contribution is 2.31. The van der Waals surface area contributed by atoms with E-state index in [0.717, 1.165) is 44.5 Å². The lowest BCUT2D eigenvalue weighted by molar-refractivity contribution is -0.136. The Bertz CT molecular complexity index is 487. The predicted octanol–water partition coefficient (Wildman–Crippen LogP) is 3.26. The summed E-state index contributed by atoms with van der Waals surface area (Å²) in [6.45, 7) is 15.5. The van der Waals surface area contributed by atoms with Crippen LogP contribution in [0.25, 0.3) is 0 Å². The second-order valence-electron chi connectivity index (χ2n) is 7.26. The van der Waals surface area contributed by atoms with Crippen molar-refractivity contribution in [1.82, 2.24) is 15.1 Å². The van der Waals surface area contributed by atoms with Gasteiger partial charge in [-0.3, -0.25) is 9.59 Å². The zero-order valence-corrected chi connectivity index (χ0v) is 18.2. The zero-order chi connectivity index (χ0) is 19.7. The van der Waals surface area contributed by atoms with Gasteiger partial charge in [-0.1, -0.05) is 26.3 Å². The summed E-state index contributed by atoms with van der Waals surface area (Å²) < 4.78 is 0. The van der Waals surface area contributed by atoms with Gasteiger partial charge in [-0.25, -0.2) is 0 Å². The van der Waals surface area contributed by atoms with Crippen LogP contribution < -0.4 is 5.32 Å². The SMILES string of the molecule is CCC1SCC(C(=O)NC(C)CCCN(CC)CC)N1C(=O)C=C(C)C. The number of allylic oxidation sites excluding steroid dienone is 1. The molecule has 0 aliphatic carbocycles. The third kappa shape index (κ3) is 6.95. The molecule has 3 unspecified atom stereocenters. The van der Waals surface area contributed by atoms with Crippen LogP contribution in [-0.2, 0) is 9.59 Å². The first kappa shape index (κ1) is 23.0. The minimum atomic E-state index is -0.363. The van der Waals surface area contributed by atoms with Crippen molar-refractivity contribution in [2.24, 2.45) is 0 Å². The summed E-state index contributed by atoms with van der Waals surface area (Å²) in [6, 6.07) is -0.234. The average Bonchev–Trinajstić information content (AvgIpc) is 3.02. The van der Waals surface area contributed by atoms with Gasteiger partial charge in [-0.15, -0.1) is 11.8 Å². The number of carbonyl (C=O) groups is 2. The molecule has 1 rings (SSSR count). The molecule has 3 atom stereocenters. The van der Waals surface area contributed by atoms with E-state index in [2.05, 4.69) is 37.9 Å².